The lowest BCUT2D eigenvalue weighted by Gasteiger charge is -2.02. The number of ether oxygens (including phenoxy) is 1. The quantitative estimate of drug-likeness (QED) is 0.331. The van der Waals surface area contributed by atoms with Gasteiger partial charge in [-0.2, -0.15) is 0 Å². The highest BCUT2D eigenvalue weighted by molar-refractivity contribution is 5.66. The van der Waals surface area contributed by atoms with Gasteiger partial charge in [0.25, 0.3) is 5.69 Å². The maximum absolute atomic E-state index is 10.6. The van der Waals surface area contributed by atoms with E-state index >= 15 is 0 Å². The number of nitro benzene ring substituents is 1. The van der Waals surface area contributed by atoms with E-state index in [0.29, 0.717) is 5.56 Å². The number of nitrogens with two attached hydrogens (primary N) is 1. The van der Waals surface area contributed by atoms with Crippen LogP contribution in [0.2, 0.25) is 0 Å². The van der Waals surface area contributed by atoms with Crippen LogP contribution in [0, 0.1) is 10.1 Å². The largest absolute Gasteiger partial charge is 0.444 e. The van der Waals surface area contributed by atoms with E-state index in [9.17, 15) is 14.9 Å². The minimum Gasteiger partial charge on any atom is -0.444 e. The Balaban J connectivity index is 2.57. The molecule has 0 fully saturated rings. The highest BCUT2D eigenvalue weighted by atomic mass is 16.6. The van der Waals surface area contributed by atoms with E-state index in [0.717, 1.165) is 0 Å². The van der Waals surface area contributed by atoms with E-state index in [-0.39, 0.29) is 12.3 Å². The molecule has 0 aliphatic rings. The van der Waals surface area contributed by atoms with Gasteiger partial charge in [0.1, 0.15) is 6.61 Å². The van der Waals surface area contributed by atoms with Gasteiger partial charge in [-0.1, -0.05) is 0 Å². The first-order valence-electron chi connectivity index (χ1n) is 4.00. The molecule has 0 unspecified atom stereocenters. The number of non-ortho nitro benzene ring substituents is 1. The lowest BCUT2D eigenvalue weighted by atomic mass is 10.2. The molecular weight excluding hydrogens is 202 g/mol. The average Bonchev–Trinajstić information content (AvgIpc) is 2.26. The first-order valence-corrected chi connectivity index (χ1v) is 4.00. The number of rotatable bonds is 3. The molecule has 0 spiro atoms. The molecule has 0 aliphatic carbocycles. The molecule has 0 aliphatic heterocycles. The summed E-state index contributed by atoms with van der Waals surface area (Å²) in [5, 5.41) is 10.3. The number of benzene rings is 1. The zero-order chi connectivity index (χ0) is 11.3. The van der Waals surface area contributed by atoms with Gasteiger partial charge in [0.05, 0.1) is 4.92 Å². The summed E-state index contributed by atoms with van der Waals surface area (Å²) in [7, 11) is 0. The van der Waals surface area contributed by atoms with Crippen LogP contribution < -0.4 is 11.3 Å². The zero-order valence-electron chi connectivity index (χ0n) is 7.67. The van der Waals surface area contributed by atoms with Gasteiger partial charge in [0.15, 0.2) is 0 Å². The fourth-order valence-electron chi connectivity index (χ4n) is 0.904. The average molecular weight is 211 g/mol. The second-order valence-corrected chi connectivity index (χ2v) is 2.64. The van der Waals surface area contributed by atoms with Crippen LogP contribution in [-0.4, -0.2) is 11.0 Å². The molecule has 0 radical (unpaired) electrons. The molecule has 80 valence electrons. The van der Waals surface area contributed by atoms with Crippen LogP contribution in [0.15, 0.2) is 24.3 Å². The van der Waals surface area contributed by atoms with Crippen molar-refractivity contribution in [2.45, 2.75) is 6.61 Å². The van der Waals surface area contributed by atoms with Crippen molar-refractivity contribution in [2.24, 2.45) is 5.84 Å². The Bertz CT molecular complexity index is 363. The van der Waals surface area contributed by atoms with Crippen molar-refractivity contribution in [1.29, 1.82) is 0 Å². The molecule has 7 nitrogen and oxygen atoms in total. The number of nitrogens with one attached hydrogen (secondary N) is 1. The smallest absolute Gasteiger partial charge is 0.421 e. The Labute approximate surface area is 84.9 Å². The van der Waals surface area contributed by atoms with Crippen LogP contribution in [-0.2, 0) is 11.3 Å². The van der Waals surface area contributed by atoms with Gasteiger partial charge in [-0.05, 0) is 17.7 Å². The van der Waals surface area contributed by atoms with E-state index in [1.165, 1.54) is 24.3 Å². The SMILES string of the molecule is NNC(=O)OCc1ccc([N+](=O)[O-])cc1. The number of carbonyl (C=O) groups is 1. The van der Waals surface area contributed by atoms with Gasteiger partial charge in [-0.25, -0.2) is 10.6 Å². The molecule has 0 saturated heterocycles. The predicted octanol–water partition coefficient (Wildman–Crippen LogP) is 0.695. The number of nitrogens with zero attached hydrogens (tertiary/aromatic N) is 1. The van der Waals surface area contributed by atoms with Gasteiger partial charge >= 0.3 is 6.09 Å². The summed E-state index contributed by atoms with van der Waals surface area (Å²) in [6, 6.07) is 5.67. The summed E-state index contributed by atoms with van der Waals surface area (Å²) in [4.78, 5) is 20.4. The summed E-state index contributed by atoms with van der Waals surface area (Å²) in [5.41, 5.74) is 2.43. The molecule has 1 aromatic carbocycles. The maximum Gasteiger partial charge on any atom is 0.421 e. The molecule has 15 heavy (non-hydrogen) atoms. The van der Waals surface area contributed by atoms with Crippen LogP contribution in [0.5, 0.6) is 0 Å². The fraction of sp³-hybridized carbons (Fsp3) is 0.125. The van der Waals surface area contributed by atoms with Crippen molar-refractivity contribution in [3.63, 3.8) is 0 Å². The van der Waals surface area contributed by atoms with Crippen LogP contribution in [0.4, 0.5) is 10.5 Å². The van der Waals surface area contributed by atoms with Crippen molar-refractivity contribution in [2.75, 3.05) is 0 Å². The Kier molecular flexibility index (Phi) is 3.58. The first-order chi connectivity index (χ1) is 7.13. The Morgan fingerprint density at radius 3 is 2.53 bits per heavy atom. The van der Waals surface area contributed by atoms with Gasteiger partial charge in [-0.15, -0.1) is 0 Å². The van der Waals surface area contributed by atoms with Gasteiger partial charge < -0.3 is 4.74 Å². The van der Waals surface area contributed by atoms with E-state index in [4.69, 9.17) is 5.84 Å². The van der Waals surface area contributed by atoms with E-state index in [2.05, 4.69) is 4.74 Å². The van der Waals surface area contributed by atoms with Gasteiger partial charge in [-0.3, -0.25) is 15.5 Å². The summed E-state index contributed by atoms with van der Waals surface area (Å²) in [5.74, 6) is 4.79. The van der Waals surface area contributed by atoms with Crippen LogP contribution in [0.1, 0.15) is 5.56 Å². The molecule has 0 saturated carbocycles. The van der Waals surface area contributed by atoms with E-state index in [1.807, 2.05) is 0 Å². The number of hydrogen-bond acceptors (Lipinski definition) is 5. The lowest BCUT2D eigenvalue weighted by molar-refractivity contribution is -0.384. The lowest BCUT2D eigenvalue weighted by Crippen LogP contribution is -2.30. The van der Waals surface area contributed by atoms with E-state index < -0.39 is 11.0 Å². The third-order valence-corrected chi connectivity index (χ3v) is 1.63. The molecule has 7 heteroatoms. The van der Waals surface area contributed by atoms with E-state index in [1.54, 1.807) is 5.43 Å². The molecule has 1 amide bonds. The zero-order valence-corrected chi connectivity index (χ0v) is 7.67. The van der Waals surface area contributed by atoms with Crippen molar-refractivity contribution in [1.82, 2.24) is 5.43 Å². The minimum absolute atomic E-state index is 0.0120. The van der Waals surface area contributed by atoms with Gasteiger partial charge in [0, 0.05) is 12.1 Å². The minimum atomic E-state index is -0.756. The molecule has 0 atom stereocenters. The van der Waals surface area contributed by atoms with Crippen LogP contribution >= 0.6 is 0 Å². The number of hydrazine groups is 1. The Morgan fingerprint density at radius 1 is 1.47 bits per heavy atom. The molecule has 1 aromatic rings. The second kappa shape index (κ2) is 4.91. The molecule has 0 bridgehead atoms. The number of nitro groups is 1. The van der Waals surface area contributed by atoms with Crippen molar-refractivity contribution >= 4 is 11.8 Å². The highest BCUT2D eigenvalue weighted by Crippen LogP contribution is 2.12. The molecule has 1 rings (SSSR count). The maximum atomic E-state index is 10.6. The summed E-state index contributed by atoms with van der Waals surface area (Å²) in [6.07, 6.45) is -0.756. The van der Waals surface area contributed by atoms with Crippen molar-refractivity contribution in [3.05, 3.63) is 39.9 Å². The summed E-state index contributed by atoms with van der Waals surface area (Å²) >= 11 is 0. The Hall–Kier alpha value is -2.15. The van der Waals surface area contributed by atoms with Crippen molar-refractivity contribution < 1.29 is 14.5 Å². The summed E-state index contributed by atoms with van der Waals surface area (Å²) in [6.45, 7) is 0.0149. The third-order valence-electron chi connectivity index (χ3n) is 1.63. The number of hydrogen-bond donors (Lipinski definition) is 2. The van der Waals surface area contributed by atoms with Crippen LogP contribution in [0.3, 0.4) is 0 Å². The first kappa shape index (κ1) is 10.9. The predicted molar refractivity (Wildman–Crippen MR) is 50.6 cm³/mol. The number of amides is 1. The third kappa shape index (κ3) is 3.24. The van der Waals surface area contributed by atoms with Crippen LogP contribution in [0.25, 0.3) is 0 Å². The normalized spacial score (nSPS) is 9.40. The van der Waals surface area contributed by atoms with Crippen molar-refractivity contribution in [3.8, 4) is 0 Å². The number of carbonyl (C=O) groups excluding carboxylic acids is 1. The molecule has 0 aromatic heterocycles. The topological polar surface area (TPSA) is 107 Å². The standard InChI is InChI=1S/C8H9N3O4/c9-10-8(12)15-5-6-1-3-7(4-2-6)11(13)14/h1-4H,5,9H2,(H,10,12). The van der Waals surface area contributed by atoms with Gasteiger partial charge in [0.2, 0.25) is 0 Å². The highest BCUT2D eigenvalue weighted by Gasteiger charge is 2.05. The summed E-state index contributed by atoms with van der Waals surface area (Å²) < 4.78 is 4.63. The molecule has 0 heterocycles. The Morgan fingerprint density at radius 2 is 2.07 bits per heavy atom. The monoisotopic (exact) mass is 211 g/mol. The molecule has 3 N–H and O–H groups in total. The molecular formula is C8H9N3O4. The fourth-order valence-corrected chi connectivity index (χ4v) is 0.904. The second-order valence-electron chi connectivity index (χ2n) is 2.64.